The van der Waals surface area contributed by atoms with Crippen LogP contribution >= 0.6 is 0 Å². The van der Waals surface area contributed by atoms with Crippen molar-refractivity contribution < 1.29 is 23.8 Å². The molecule has 166 valence electrons. The first-order valence-corrected chi connectivity index (χ1v) is 10.3. The van der Waals surface area contributed by atoms with E-state index in [9.17, 15) is 14.4 Å². The topological polar surface area (TPSA) is 110 Å². The Bertz CT molecular complexity index is 1190. The van der Waals surface area contributed by atoms with Gasteiger partial charge in [-0.15, -0.1) is 0 Å². The molecule has 0 saturated heterocycles. The van der Waals surface area contributed by atoms with E-state index >= 15 is 0 Å². The van der Waals surface area contributed by atoms with E-state index in [2.05, 4.69) is 16.3 Å². The molecule has 0 bridgehead atoms. The van der Waals surface area contributed by atoms with Gasteiger partial charge in [-0.1, -0.05) is 24.3 Å². The second-order valence-corrected chi connectivity index (χ2v) is 7.64. The Morgan fingerprint density at radius 3 is 2.56 bits per heavy atom. The third-order valence-electron chi connectivity index (χ3n) is 5.71. The van der Waals surface area contributed by atoms with Crippen molar-refractivity contribution in [2.45, 2.75) is 25.2 Å². The number of hydrogen-bond donors (Lipinski definition) is 2. The van der Waals surface area contributed by atoms with Crippen LogP contribution in [0.25, 0.3) is 0 Å². The molecule has 0 spiro atoms. The predicted octanol–water partition coefficient (Wildman–Crippen LogP) is 2.71. The summed E-state index contributed by atoms with van der Waals surface area (Å²) in [5.74, 6) is -0.544. The Hall–Kier alpha value is -3.81. The molecular formula is C24H24N2O6. The summed E-state index contributed by atoms with van der Waals surface area (Å²) in [6.07, 6.45) is 1.33. The Morgan fingerprint density at radius 2 is 1.84 bits per heavy atom. The average Bonchev–Trinajstić information content (AvgIpc) is 3.43. The fourth-order valence-corrected chi connectivity index (χ4v) is 4.07. The number of methoxy groups -OCH3 is 2. The van der Waals surface area contributed by atoms with Gasteiger partial charge in [0.2, 0.25) is 0 Å². The number of aromatic amines is 2. The van der Waals surface area contributed by atoms with Crippen molar-refractivity contribution in [3.8, 4) is 5.75 Å². The summed E-state index contributed by atoms with van der Waals surface area (Å²) in [7, 11) is 2.63. The zero-order chi connectivity index (χ0) is 22.7. The third kappa shape index (κ3) is 4.30. The maximum Gasteiger partial charge on any atom is 0.337 e. The molecule has 32 heavy (non-hydrogen) atoms. The van der Waals surface area contributed by atoms with Crippen molar-refractivity contribution >= 4 is 11.9 Å². The van der Waals surface area contributed by atoms with Crippen LogP contribution in [-0.4, -0.2) is 43.0 Å². The minimum atomic E-state index is -0.545. The minimum Gasteiger partial charge on any atom is -0.493 e. The quantitative estimate of drug-likeness (QED) is 0.551. The minimum absolute atomic E-state index is 0.0139. The first-order chi connectivity index (χ1) is 15.5. The Kier molecular flexibility index (Phi) is 6.11. The van der Waals surface area contributed by atoms with E-state index in [-0.39, 0.29) is 12.0 Å². The number of carbonyl (C=O) groups excluding carboxylic acids is 2. The first-order valence-electron chi connectivity index (χ1n) is 10.3. The first kappa shape index (κ1) is 21.4. The van der Waals surface area contributed by atoms with Gasteiger partial charge >= 0.3 is 11.9 Å². The molecule has 8 heteroatoms. The highest BCUT2D eigenvalue weighted by Crippen LogP contribution is 2.31. The van der Waals surface area contributed by atoms with Gasteiger partial charge in [0, 0.05) is 30.0 Å². The highest BCUT2D eigenvalue weighted by Gasteiger charge is 2.26. The number of benzene rings is 2. The van der Waals surface area contributed by atoms with Crippen molar-refractivity contribution in [2.24, 2.45) is 0 Å². The molecule has 0 radical (unpaired) electrons. The van der Waals surface area contributed by atoms with Crippen molar-refractivity contribution in [1.82, 2.24) is 10.2 Å². The van der Waals surface area contributed by atoms with Crippen LogP contribution < -0.4 is 10.3 Å². The van der Waals surface area contributed by atoms with Gasteiger partial charge in [0.25, 0.3) is 5.56 Å². The summed E-state index contributed by atoms with van der Waals surface area (Å²) in [5, 5.41) is 5.63. The van der Waals surface area contributed by atoms with E-state index < -0.39 is 17.9 Å². The van der Waals surface area contributed by atoms with Crippen molar-refractivity contribution in [1.29, 1.82) is 0 Å². The number of aromatic nitrogens is 2. The number of carbonyl (C=O) groups is 2. The van der Waals surface area contributed by atoms with Gasteiger partial charge in [0.15, 0.2) is 0 Å². The standard InChI is InChI=1S/C24H24N2O6/c1-30-21(27)13-18(15-4-6-16(7-5-15)24(29)31-2)22-19(25-26-23(22)28)12-14-3-8-20-17(11-14)9-10-32-20/h3-8,11,18H,9-10,12-13H2,1-2H3,(H2,25,26,28). The lowest BCUT2D eigenvalue weighted by Crippen LogP contribution is -2.18. The zero-order valence-corrected chi connectivity index (χ0v) is 17.9. The second-order valence-electron chi connectivity index (χ2n) is 7.64. The Labute approximate surface area is 184 Å². The van der Waals surface area contributed by atoms with Crippen LogP contribution in [0.1, 0.15) is 50.6 Å². The fraction of sp³-hybridized carbons (Fsp3) is 0.292. The van der Waals surface area contributed by atoms with Crippen molar-refractivity contribution in [3.05, 3.63) is 86.3 Å². The molecule has 1 aromatic heterocycles. The molecule has 1 aliphatic heterocycles. The van der Waals surface area contributed by atoms with E-state index in [0.717, 1.165) is 28.9 Å². The Morgan fingerprint density at radius 1 is 1.06 bits per heavy atom. The van der Waals surface area contributed by atoms with Crippen LogP contribution in [-0.2, 0) is 27.1 Å². The molecule has 1 unspecified atom stereocenters. The molecular weight excluding hydrogens is 412 g/mol. The normalized spacial score (nSPS) is 13.2. The second kappa shape index (κ2) is 9.13. The monoisotopic (exact) mass is 436 g/mol. The van der Waals surface area contributed by atoms with Gasteiger partial charge in [-0.25, -0.2) is 4.79 Å². The highest BCUT2D eigenvalue weighted by atomic mass is 16.5. The van der Waals surface area contributed by atoms with Crippen LogP contribution in [0.2, 0.25) is 0 Å². The van der Waals surface area contributed by atoms with Crippen LogP contribution in [0.5, 0.6) is 5.75 Å². The van der Waals surface area contributed by atoms with Gasteiger partial charge in [-0.2, -0.15) is 0 Å². The number of rotatable bonds is 7. The SMILES string of the molecule is COC(=O)CC(c1ccc(C(=O)OC)cc1)c1c(Cc2ccc3c(c2)CCO3)[nH][nH]c1=O. The van der Waals surface area contributed by atoms with Gasteiger partial charge < -0.3 is 19.3 Å². The number of esters is 2. The lowest BCUT2D eigenvalue weighted by Gasteiger charge is -2.17. The van der Waals surface area contributed by atoms with E-state index in [4.69, 9.17) is 14.2 Å². The van der Waals surface area contributed by atoms with E-state index in [1.807, 2.05) is 12.1 Å². The summed E-state index contributed by atoms with van der Waals surface area (Å²) in [5.41, 5.74) is 4.15. The Balaban J connectivity index is 1.70. The lowest BCUT2D eigenvalue weighted by molar-refractivity contribution is -0.140. The molecule has 2 aromatic carbocycles. The lowest BCUT2D eigenvalue weighted by atomic mass is 9.87. The maximum absolute atomic E-state index is 12.8. The smallest absolute Gasteiger partial charge is 0.337 e. The van der Waals surface area contributed by atoms with Crippen LogP contribution in [0.4, 0.5) is 0 Å². The molecule has 2 heterocycles. The molecule has 3 aromatic rings. The number of ether oxygens (including phenoxy) is 3. The largest absolute Gasteiger partial charge is 0.493 e. The number of hydrogen-bond acceptors (Lipinski definition) is 6. The molecule has 0 aliphatic carbocycles. The van der Waals surface area contributed by atoms with Gasteiger partial charge in [-0.3, -0.25) is 14.7 Å². The van der Waals surface area contributed by atoms with E-state index in [1.54, 1.807) is 24.3 Å². The number of H-pyrrole nitrogens is 2. The van der Waals surface area contributed by atoms with Gasteiger partial charge in [0.05, 0.1) is 32.8 Å². The van der Waals surface area contributed by atoms with Crippen molar-refractivity contribution in [3.63, 3.8) is 0 Å². The summed E-state index contributed by atoms with van der Waals surface area (Å²) in [6.45, 7) is 0.674. The molecule has 1 aliphatic rings. The highest BCUT2D eigenvalue weighted by molar-refractivity contribution is 5.89. The maximum atomic E-state index is 12.8. The van der Waals surface area contributed by atoms with Crippen LogP contribution in [0, 0.1) is 0 Å². The van der Waals surface area contributed by atoms with Gasteiger partial charge in [-0.05, 0) is 34.9 Å². The summed E-state index contributed by atoms with van der Waals surface area (Å²) in [6, 6.07) is 12.7. The van der Waals surface area contributed by atoms with E-state index in [1.165, 1.54) is 14.2 Å². The molecule has 1 atom stereocenters. The molecule has 4 rings (SSSR count). The van der Waals surface area contributed by atoms with E-state index in [0.29, 0.717) is 29.8 Å². The molecule has 8 nitrogen and oxygen atoms in total. The van der Waals surface area contributed by atoms with Crippen LogP contribution in [0.3, 0.4) is 0 Å². The molecule has 2 N–H and O–H groups in total. The fourth-order valence-electron chi connectivity index (χ4n) is 4.07. The molecule has 0 fully saturated rings. The molecule has 0 saturated carbocycles. The van der Waals surface area contributed by atoms with Gasteiger partial charge in [0.1, 0.15) is 5.75 Å². The van der Waals surface area contributed by atoms with Crippen molar-refractivity contribution in [2.75, 3.05) is 20.8 Å². The summed E-state index contributed by atoms with van der Waals surface area (Å²) in [4.78, 5) is 36.8. The van der Waals surface area contributed by atoms with Crippen LogP contribution in [0.15, 0.2) is 47.3 Å². The average molecular weight is 436 g/mol. The predicted molar refractivity (Wildman–Crippen MR) is 116 cm³/mol. The molecule has 0 amide bonds. The number of nitrogens with one attached hydrogen (secondary N) is 2. The summed E-state index contributed by atoms with van der Waals surface area (Å²) < 4.78 is 15.2. The zero-order valence-electron chi connectivity index (χ0n) is 17.9. The summed E-state index contributed by atoms with van der Waals surface area (Å²) >= 11 is 0. The third-order valence-corrected chi connectivity index (χ3v) is 5.71. The number of fused-ring (bicyclic) bond motifs is 1.